The second kappa shape index (κ2) is 3.51. The van der Waals surface area contributed by atoms with E-state index in [1.54, 1.807) is 6.07 Å². The van der Waals surface area contributed by atoms with Crippen molar-refractivity contribution in [3.63, 3.8) is 0 Å². The van der Waals surface area contributed by atoms with E-state index in [0.29, 0.717) is 22.8 Å². The molecule has 0 radical (unpaired) electrons. The molecule has 3 aromatic heterocycles. The summed E-state index contributed by atoms with van der Waals surface area (Å²) in [4.78, 5) is 16.2. The lowest BCUT2D eigenvalue weighted by molar-refractivity contribution is 0.473. The summed E-state index contributed by atoms with van der Waals surface area (Å²) in [6.45, 7) is 1.86. The highest BCUT2D eigenvalue weighted by Crippen LogP contribution is 2.23. The summed E-state index contributed by atoms with van der Waals surface area (Å²) in [6, 6.07) is 3.26. The average Bonchev–Trinajstić information content (AvgIpc) is 2.72. The number of oxazole rings is 1. The molecule has 0 unspecified atom stereocenters. The molecule has 84 valence electrons. The summed E-state index contributed by atoms with van der Waals surface area (Å²) in [5.74, 6) is 0.416. The number of rotatable bonds is 1. The molecule has 0 saturated carbocycles. The van der Waals surface area contributed by atoms with Crippen molar-refractivity contribution in [2.24, 2.45) is 0 Å². The van der Waals surface area contributed by atoms with Crippen molar-refractivity contribution in [3.05, 3.63) is 30.4 Å². The molecule has 3 heterocycles. The molecule has 0 atom stereocenters. The molecule has 0 saturated heterocycles. The molecular weight excluding hydrogens is 220 g/mol. The Morgan fingerprint density at radius 2 is 2.06 bits per heavy atom. The Kier molecular flexibility index (Phi) is 2.01. The van der Waals surface area contributed by atoms with Crippen LogP contribution in [-0.4, -0.2) is 25.0 Å². The third-order valence-electron chi connectivity index (χ3n) is 2.26. The van der Waals surface area contributed by atoms with Crippen LogP contribution in [0, 0.1) is 6.92 Å². The van der Waals surface area contributed by atoms with Crippen molar-refractivity contribution in [2.45, 2.75) is 6.92 Å². The van der Waals surface area contributed by atoms with Gasteiger partial charge < -0.3 is 9.52 Å². The normalized spacial score (nSPS) is 10.9. The second-order valence-electron chi connectivity index (χ2n) is 3.58. The van der Waals surface area contributed by atoms with E-state index in [-0.39, 0.29) is 5.75 Å². The highest BCUT2D eigenvalue weighted by Gasteiger charge is 2.11. The summed E-state index contributed by atoms with van der Waals surface area (Å²) in [5.41, 5.74) is 2.29. The molecule has 3 rings (SSSR count). The molecule has 0 aromatic carbocycles. The number of aromatic nitrogens is 4. The number of hydrogen-bond acceptors (Lipinski definition) is 6. The van der Waals surface area contributed by atoms with Crippen LogP contribution in [0.2, 0.25) is 0 Å². The van der Waals surface area contributed by atoms with Gasteiger partial charge in [0, 0.05) is 11.8 Å². The minimum absolute atomic E-state index is 0.0521. The van der Waals surface area contributed by atoms with E-state index in [1.807, 2.05) is 6.92 Å². The Bertz CT molecular complexity index is 693. The molecule has 3 aromatic rings. The fraction of sp³-hybridized carbons (Fsp3) is 0.0909. The van der Waals surface area contributed by atoms with Gasteiger partial charge in [0.1, 0.15) is 23.3 Å². The molecule has 0 bridgehead atoms. The minimum atomic E-state index is 0.0521. The Morgan fingerprint density at radius 1 is 1.18 bits per heavy atom. The van der Waals surface area contributed by atoms with Crippen molar-refractivity contribution in [1.29, 1.82) is 0 Å². The number of aryl methyl sites for hydroxylation is 1. The van der Waals surface area contributed by atoms with Gasteiger partial charge in [-0.2, -0.15) is 0 Å². The summed E-state index contributed by atoms with van der Waals surface area (Å²) in [6.07, 6.45) is 2.76. The van der Waals surface area contributed by atoms with Crippen molar-refractivity contribution in [3.8, 4) is 17.3 Å². The molecule has 17 heavy (non-hydrogen) atoms. The quantitative estimate of drug-likeness (QED) is 0.682. The lowest BCUT2D eigenvalue weighted by Crippen LogP contribution is -1.87. The first kappa shape index (κ1) is 9.71. The topological polar surface area (TPSA) is 84.9 Å². The van der Waals surface area contributed by atoms with Gasteiger partial charge in [-0.25, -0.2) is 19.9 Å². The van der Waals surface area contributed by atoms with Crippen LogP contribution in [0.25, 0.3) is 22.8 Å². The zero-order chi connectivity index (χ0) is 11.8. The largest absolute Gasteiger partial charge is 0.506 e. The fourth-order valence-electron chi connectivity index (χ4n) is 1.49. The molecular formula is C11H8N4O2. The predicted octanol–water partition coefficient (Wildman–Crippen LogP) is 1.69. The summed E-state index contributed by atoms with van der Waals surface area (Å²) in [5, 5.41) is 9.28. The Hall–Kier alpha value is -2.50. The molecule has 0 aliphatic carbocycles. The van der Waals surface area contributed by atoms with Crippen LogP contribution in [0.5, 0.6) is 5.75 Å². The monoisotopic (exact) mass is 228 g/mol. The maximum absolute atomic E-state index is 9.28. The molecule has 0 aliphatic rings. The Morgan fingerprint density at radius 3 is 2.88 bits per heavy atom. The van der Waals surface area contributed by atoms with Gasteiger partial charge in [-0.1, -0.05) is 0 Å². The second-order valence-corrected chi connectivity index (χ2v) is 3.58. The van der Waals surface area contributed by atoms with E-state index in [4.69, 9.17) is 4.42 Å². The van der Waals surface area contributed by atoms with Gasteiger partial charge in [-0.3, -0.25) is 0 Å². The summed E-state index contributed by atoms with van der Waals surface area (Å²) >= 11 is 0. The highest BCUT2D eigenvalue weighted by atomic mass is 16.4. The molecule has 0 aliphatic heterocycles. The van der Waals surface area contributed by atoms with Crippen molar-refractivity contribution in [1.82, 2.24) is 19.9 Å². The Balaban J connectivity index is 2.18. The number of pyridine rings is 1. The molecule has 6 nitrogen and oxygen atoms in total. The molecule has 6 heteroatoms. The van der Waals surface area contributed by atoms with Crippen molar-refractivity contribution < 1.29 is 9.52 Å². The van der Waals surface area contributed by atoms with E-state index in [1.165, 1.54) is 18.6 Å². The van der Waals surface area contributed by atoms with Gasteiger partial charge in [0.2, 0.25) is 11.6 Å². The number of nitrogens with zero attached hydrogens (tertiary/aromatic N) is 4. The standard InChI is InChI=1S/C11H8N4O2/c1-6-2-8(14-5-13-6)11-15-9-3-7(16)4-12-10(9)17-11/h2-5,16H,1H3. The SMILES string of the molecule is Cc1cc(-c2nc3cc(O)cnc3o2)ncn1. The number of fused-ring (bicyclic) bond motifs is 1. The van der Waals surface area contributed by atoms with Gasteiger partial charge in [0.15, 0.2) is 0 Å². The van der Waals surface area contributed by atoms with Crippen LogP contribution in [-0.2, 0) is 0 Å². The molecule has 1 N–H and O–H groups in total. The van der Waals surface area contributed by atoms with Crippen LogP contribution < -0.4 is 0 Å². The third-order valence-corrected chi connectivity index (χ3v) is 2.26. The first-order valence-corrected chi connectivity index (χ1v) is 4.97. The van der Waals surface area contributed by atoms with Crippen LogP contribution in [0.15, 0.2) is 29.1 Å². The van der Waals surface area contributed by atoms with E-state index in [9.17, 15) is 5.11 Å². The first-order valence-electron chi connectivity index (χ1n) is 4.97. The van der Waals surface area contributed by atoms with E-state index in [0.717, 1.165) is 5.69 Å². The van der Waals surface area contributed by atoms with Gasteiger partial charge >= 0.3 is 0 Å². The van der Waals surface area contributed by atoms with Crippen LogP contribution >= 0.6 is 0 Å². The third kappa shape index (κ3) is 1.69. The lowest BCUT2D eigenvalue weighted by atomic mass is 10.3. The predicted molar refractivity (Wildman–Crippen MR) is 59.2 cm³/mol. The van der Waals surface area contributed by atoms with E-state index >= 15 is 0 Å². The van der Waals surface area contributed by atoms with Crippen molar-refractivity contribution >= 4 is 11.2 Å². The zero-order valence-electron chi connectivity index (χ0n) is 8.95. The number of hydrogen-bond donors (Lipinski definition) is 1. The van der Waals surface area contributed by atoms with Crippen molar-refractivity contribution in [2.75, 3.05) is 0 Å². The minimum Gasteiger partial charge on any atom is -0.506 e. The lowest BCUT2D eigenvalue weighted by Gasteiger charge is -1.93. The smallest absolute Gasteiger partial charge is 0.248 e. The summed E-state index contributed by atoms with van der Waals surface area (Å²) < 4.78 is 5.44. The molecule has 0 amide bonds. The number of aromatic hydroxyl groups is 1. The first-order chi connectivity index (χ1) is 8.22. The van der Waals surface area contributed by atoms with Gasteiger partial charge in [-0.15, -0.1) is 0 Å². The van der Waals surface area contributed by atoms with Crippen LogP contribution in [0.1, 0.15) is 5.69 Å². The summed E-state index contributed by atoms with van der Waals surface area (Å²) in [7, 11) is 0. The average molecular weight is 228 g/mol. The van der Waals surface area contributed by atoms with Gasteiger partial charge in [0.25, 0.3) is 0 Å². The fourth-order valence-corrected chi connectivity index (χ4v) is 1.49. The highest BCUT2D eigenvalue weighted by molar-refractivity contribution is 5.72. The molecule has 0 fully saturated rings. The Labute approximate surface area is 96.0 Å². The maximum atomic E-state index is 9.28. The van der Waals surface area contributed by atoms with Gasteiger partial charge in [0.05, 0.1) is 6.20 Å². The van der Waals surface area contributed by atoms with E-state index in [2.05, 4.69) is 19.9 Å². The molecule has 0 spiro atoms. The van der Waals surface area contributed by atoms with E-state index < -0.39 is 0 Å². The van der Waals surface area contributed by atoms with Gasteiger partial charge in [-0.05, 0) is 13.0 Å². The van der Waals surface area contributed by atoms with Crippen LogP contribution in [0.3, 0.4) is 0 Å². The maximum Gasteiger partial charge on any atom is 0.248 e. The zero-order valence-corrected chi connectivity index (χ0v) is 8.95. The van der Waals surface area contributed by atoms with Crippen LogP contribution in [0.4, 0.5) is 0 Å².